The predicted octanol–water partition coefficient (Wildman–Crippen LogP) is 6.14. The fraction of sp³-hybridized carbons (Fsp3) is 0.303. The number of rotatable bonds is 8. The van der Waals surface area contributed by atoms with Gasteiger partial charge >= 0.3 is 6.09 Å². The van der Waals surface area contributed by atoms with Crippen LogP contribution in [0.5, 0.6) is 0 Å². The summed E-state index contributed by atoms with van der Waals surface area (Å²) < 4.78 is 47.2. The van der Waals surface area contributed by atoms with Crippen LogP contribution in [0.1, 0.15) is 55.5 Å². The predicted molar refractivity (Wildman–Crippen MR) is 172 cm³/mol. The zero-order valence-electron chi connectivity index (χ0n) is 25.5. The number of nitrogens with two attached hydrogens (primary N) is 1. The van der Waals surface area contributed by atoms with E-state index in [-0.39, 0.29) is 10.5 Å². The van der Waals surface area contributed by atoms with Crippen molar-refractivity contribution < 1.29 is 27.1 Å². The van der Waals surface area contributed by atoms with Gasteiger partial charge in [0.1, 0.15) is 17.7 Å². The van der Waals surface area contributed by atoms with Crippen LogP contribution in [0.2, 0.25) is 0 Å². The SMILES string of the molecule is COC(=O)Nc1ccc(S(=O)(=O)C(C)C)c([C@H]2CCCN2C(=O)[C@@H](Nc2ccc3c(N)nccc3c2)c2cc(C)ccc2F)c1. The number of benzene rings is 3. The largest absolute Gasteiger partial charge is 0.453 e. The minimum absolute atomic E-state index is 0.0737. The summed E-state index contributed by atoms with van der Waals surface area (Å²) in [5.41, 5.74) is 8.23. The summed E-state index contributed by atoms with van der Waals surface area (Å²) >= 11 is 0. The average molecular weight is 634 g/mol. The summed E-state index contributed by atoms with van der Waals surface area (Å²) in [4.78, 5) is 32.3. The minimum Gasteiger partial charge on any atom is -0.453 e. The number of sulfone groups is 1. The number of nitrogens with zero attached hydrogens (tertiary/aromatic N) is 2. The van der Waals surface area contributed by atoms with Gasteiger partial charge in [0, 0.05) is 35.1 Å². The summed E-state index contributed by atoms with van der Waals surface area (Å²) in [6.07, 6.45) is 1.94. The monoisotopic (exact) mass is 633 g/mol. The van der Waals surface area contributed by atoms with Gasteiger partial charge in [0.2, 0.25) is 5.91 Å². The Morgan fingerprint density at radius 1 is 1.07 bits per heavy atom. The Morgan fingerprint density at radius 3 is 2.56 bits per heavy atom. The number of carbonyl (C=O) groups excluding carboxylic acids is 2. The molecule has 0 radical (unpaired) electrons. The highest BCUT2D eigenvalue weighted by Crippen LogP contribution is 2.40. The van der Waals surface area contributed by atoms with Crippen LogP contribution in [0.25, 0.3) is 10.8 Å². The number of fused-ring (bicyclic) bond motifs is 1. The van der Waals surface area contributed by atoms with Gasteiger partial charge in [-0.25, -0.2) is 22.6 Å². The molecule has 0 saturated carbocycles. The maximum absolute atomic E-state index is 15.4. The van der Waals surface area contributed by atoms with E-state index in [1.54, 1.807) is 61.3 Å². The number of pyridine rings is 1. The van der Waals surface area contributed by atoms with Crippen LogP contribution in [-0.2, 0) is 19.4 Å². The Kier molecular flexibility index (Phi) is 8.96. The molecule has 236 valence electrons. The number of ether oxygens (including phenoxy) is 1. The Morgan fingerprint density at radius 2 is 1.82 bits per heavy atom. The second kappa shape index (κ2) is 12.7. The van der Waals surface area contributed by atoms with E-state index in [1.165, 1.54) is 25.3 Å². The molecular weight excluding hydrogens is 597 g/mol. The lowest BCUT2D eigenvalue weighted by molar-refractivity contribution is -0.133. The molecule has 0 bridgehead atoms. The fourth-order valence-electron chi connectivity index (χ4n) is 5.70. The van der Waals surface area contributed by atoms with Gasteiger partial charge in [-0.3, -0.25) is 10.1 Å². The third-order valence-electron chi connectivity index (χ3n) is 8.08. The first-order chi connectivity index (χ1) is 21.4. The maximum atomic E-state index is 15.4. The van der Waals surface area contributed by atoms with Gasteiger partial charge in [-0.1, -0.05) is 17.7 Å². The lowest BCUT2D eigenvalue weighted by atomic mass is 9.99. The van der Waals surface area contributed by atoms with Crippen LogP contribution in [0.15, 0.2) is 71.8 Å². The van der Waals surface area contributed by atoms with Crippen molar-refractivity contribution in [2.45, 2.75) is 55.8 Å². The molecule has 10 nitrogen and oxygen atoms in total. The van der Waals surface area contributed by atoms with Gasteiger partial charge in [-0.15, -0.1) is 0 Å². The lowest BCUT2D eigenvalue weighted by Crippen LogP contribution is -2.38. The van der Waals surface area contributed by atoms with Crippen molar-refractivity contribution in [1.82, 2.24) is 9.88 Å². The molecule has 0 spiro atoms. The Balaban J connectivity index is 1.59. The van der Waals surface area contributed by atoms with Crippen molar-refractivity contribution in [2.75, 3.05) is 30.0 Å². The van der Waals surface area contributed by atoms with Crippen molar-refractivity contribution in [3.8, 4) is 0 Å². The standard InChI is InChI=1S/C33H36FN5O5S/c1-19(2)45(42,43)29-12-9-23(38-33(41)44-4)18-26(29)28-6-5-15-39(28)32(40)30(25-16-20(3)7-11-27(25)34)37-22-8-10-24-21(17-22)13-14-36-31(24)35/h7-14,16-19,28,30,37H,5-6,15H2,1-4H3,(H2,35,36)(H,38,41)/t28-,30+/m1/s1. The molecule has 12 heteroatoms. The number of aromatic nitrogens is 1. The van der Waals surface area contributed by atoms with Crippen molar-refractivity contribution in [2.24, 2.45) is 0 Å². The Labute approximate surface area is 261 Å². The first-order valence-corrected chi connectivity index (χ1v) is 16.2. The quantitative estimate of drug-likeness (QED) is 0.210. The van der Waals surface area contributed by atoms with Gasteiger partial charge < -0.3 is 20.7 Å². The van der Waals surface area contributed by atoms with Gasteiger partial charge in [-0.2, -0.15) is 0 Å². The van der Waals surface area contributed by atoms with Crippen molar-refractivity contribution in [3.05, 3.63) is 89.4 Å². The average Bonchev–Trinajstić information content (AvgIpc) is 3.51. The highest BCUT2D eigenvalue weighted by atomic mass is 32.2. The molecule has 2 atom stereocenters. The van der Waals surface area contributed by atoms with E-state index in [9.17, 15) is 18.0 Å². The second-order valence-corrected chi connectivity index (χ2v) is 13.9. The molecular formula is C33H36FN5O5S. The number of anilines is 3. The first-order valence-electron chi connectivity index (χ1n) is 14.6. The molecule has 4 aromatic rings. The molecule has 3 aromatic carbocycles. The van der Waals surface area contributed by atoms with Gasteiger partial charge in [0.05, 0.1) is 23.3 Å². The van der Waals surface area contributed by atoms with Gasteiger partial charge in [0.25, 0.3) is 0 Å². The van der Waals surface area contributed by atoms with E-state index in [4.69, 9.17) is 10.5 Å². The molecule has 0 unspecified atom stereocenters. The number of aryl methyl sites for hydroxylation is 1. The number of nitrogens with one attached hydrogen (secondary N) is 2. The minimum atomic E-state index is -3.78. The molecule has 1 fully saturated rings. The third kappa shape index (κ3) is 6.41. The summed E-state index contributed by atoms with van der Waals surface area (Å²) in [6.45, 7) is 5.32. The van der Waals surface area contributed by atoms with Crippen LogP contribution in [0.3, 0.4) is 0 Å². The topological polar surface area (TPSA) is 144 Å². The number of hydrogen-bond acceptors (Lipinski definition) is 8. The second-order valence-electron chi connectivity index (χ2n) is 11.4. The van der Waals surface area contributed by atoms with Gasteiger partial charge in [-0.05, 0) is 93.1 Å². The summed E-state index contributed by atoms with van der Waals surface area (Å²) in [7, 11) is -2.55. The zero-order valence-corrected chi connectivity index (χ0v) is 26.3. The number of likely N-dealkylation sites (tertiary alicyclic amines) is 1. The van der Waals surface area contributed by atoms with Crippen LogP contribution in [0, 0.1) is 12.7 Å². The normalized spacial score (nSPS) is 15.7. The Hall–Kier alpha value is -4.71. The molecule has 1 aliphatic heterocycles. The molecule has 1 aromatic heterocycles. The van der Waals surface area contributed by atoms with E-state index in [0.29, 0.717) is 42.1 Å². The van der Waals surface area contributed by atoms with Crippen LogP contribution < -0.4 is 16.4 Å². The highest BCUT2D eigenvalue weighted by molar-refractivity contribution is 7.92. The van der Waals surface area contributed by atoms with Crippen molar-refractivity contribution >= 4 is 49.8 Å². The molecule has 1 aliphatic rings. The molecule has 45 heavy (non-hydrogen) atoms. The number of carbonyl (C=O) groups is 2. The Bertz CT molecular complexity index is 1880. The van der Waals surface area contributed by atoms with Gasteiger partial charge in [0.15, 0.2) is 9.84 Å². The van der Waals surface area contributed by atoms with Crippen LogP contribution >= 0.6 is 0 Å². The van der Waals surface area contributed by atoms with Crippen LogP contribution in [0.4, 0.5) is 26.4 Å². The number of amides is 2. The van der Waals surface area contributed by atoms with E-state index in [0.717, 1.165) is 16.3 Å². The molecule has 2 amide bonds. The molecule has 5 rings (SSSR count). The van der Waals surface area contributed by atoms with Crippen molar-refractivity contribution in [3.63, 3.8) is 0 Å². The molecule has 2 heterocycles. The lowest BCUT2D eigenvalue weighted by Gasteiger charge is -2.32. The number of methoxy groups -OCH3 is 1. The highest BCUT2D eigenvalue weighted by Gasteiger charge is 2.38. The van der Waals surface area contributed by atoms with E-state index >= 15 is 4.39 Å². The third-order valence-corrected chi connectivity index (χ3v) is 10.3. The summed E-state index contributed by atoms with van der Waals surface area (Å²) in [5, 5.41) is 6.64. The smallest absolute Gasteiger partial charge is 0.411 e. The number of hydrogen-bond donors (Lipinski definition) is 3. The summed E-state index contributed by atoms with van der Waals surface area (Å²) in [6, 6.07) is 14.5. The summed E-state index contributed by atoms with van der Waals surface area (Å²) in [5.74, 6) is -0.605. The number of nitrogen functional groups attached to an aromatic ring is 1. The molecule has 4 N–H and O–H groups in total. The fourth-order valence-corrected chi connectivity index (χ4v) is 6.99. The zero-order chi connectivity index (χ0) is 32.5. The van der Waals surface area contributed by atoms with E-state index < -0.39 is 45.0 Å². The van der Waals surface area contributed by atoms with Crippen LogP contribution in [-0.4, -0.2) is 49.2 Å². The van der Waals surface area contributed by atoms with E-state index in [2.05, 4.69) is 15.6 Å². The van der Waals surface area contributed by atoms with Crippen molar-refractivity contribution in [1.29, 1.82) is 0 Å². The maximum Gasteiger partial charge on any atom is 0.411 e. The molecule has 0 aliphatic carbocycles. The van der Waals surface area contributed by atoms with E-state index in [1.807, 2.05) is 13.0 Å². The molecule has 1 saturated heterocycles. The first kappa shape index (κ1) is 31.7. The number of halogens is 1.